The van der Waals surface area contributed by atoms with Crippen molar-refractivity contribution in [1.29, 1.82) is 0 Å². The third kappa shape index (κ3) is 5.81. The van der Waals surface area contributed by atoms with Crippen LogP contribution in [-0.2, 0) is 5.41 Å². The molecule has 10 rings (SSSR count). The number of fused-ring (bicyclic) bond motifs is 4. The third-order valence-electron chi connectivity index (χ3n) is 11.7. The lowest BCUT2D eigenvalue weighted by Gasteiger charge is -2.26. The average molecular weight is 716 g/mol. The molecule has 1 nitrogen and oxygen atoms in total. The molecular formula is C55H41N. The molecule has 1 aliphatic carbocycles. The van der Waals surface area contributed by atoms with Crippen LogP contribution in [0.4, 0.5) is 17.1 Å². The van der Waals surface area contributed by atoms with Crippen molar-refractivity contribution in [3.05, 3.63) is 223 Å². The molecule has 0 N–H and O–H groups in total. The van der Waals surface area contributed by atoms with Gasteiger partial charge in [0.1, 0.15) is 0 Å². The van der Waals surface area contributed by atoms with E-state index < -0.39 is 0 Å². The second-order valence-corrected chi connectivity index (χ2v) is 15.4. The van der Waals surface area contributed by atoms with Crippen molar-refractivity contribution < 1.29 is 0 Å². The zero-order valence-corrected chi connectivity index (χ0v) is 31.7. The maximum atomic E-state index is 2.42. The Balaban J connectivity index is 1.01. The van der Waals surface area contributed by atoms with Crippen molar-refractivity contribution in [3.63, 3.8) is 0 Å². The van der Waals surface area contributed by atoms with E-state index in [-0.39, 0.29) is 5.41 Å². The molecule has 0 fully saturated rings. The summed E-state index contributed by atoms with van der Waals surface area (Å²) >= 11 is 0. The highest BCUT2D eigenvalue weighted by atomic mass is 15.1. The Morgan fingerprint density at radius 1 is 0.321 bits per heavy atom. The molecule has 0 heterocycles. The van der Waals surface area contributed by atoms with Gasteiger partial charge in [-0.2, -0.15) is 0 Å². The number of nitrogens with zero attached hydrogens (tertiary/aromatic N) is 1. The second kappa shape index (κ2) is 13.7. The van der Waals surface area contributed by atoms with Crippen LogP contribution in [0.5, 0.6) is 0 Å². The lowest BCUT2D eigenvalue weighted by Crippen LogP contribution is -2.14. The van der Waals surface area contributed by atoms with E-state index >= 15 is 0 Å². The van der Waals surface area contributed by atoms with Crippen molar-refractivity contribution in [2.24, 2.45) is 0 Å². The van der Waals surface area contributed by atoms with Crippen LogP contribution in [-0.4, -0.2) is 0 Å². The molecule has 56 heavy (non-hydrogen) atoms. The van der Waals surface area contributed by atoms with Crippen LogP contribution in [0.2, 0.25) is 0 Å². The van der Waals surface area contributed by atoms with Gasteiger partial charge in [0.2, 0.25) is 0 Å². The Hall–Kier alpha value is -6.96. The lowest BCUT2D eigenvalue weighted by atomic mass is 9.80. The highest BCUT2D eigenvalue weighted by Gasteiger charge is 2.37. The quantitative estimate of drug-likeness (QED) is 0.159. The zero-order valence-electron chi connectivity index (χ0n) is 31.7. The summed E-state index contributed by atoms with van der Waals surface area (Å²) in [6.45, 7) is 4.73. The van der Waals surface area contributed by atoms with E-state index in [4.69, 9.17) is 0 Å². The van der Waals surface area contributed by atoms with Crippen LogP contribution in [0.3, 0.4) is 0 Å². The van der Waals surface area contributed by atoms with Gasteiger partial charge in [-0.25, -0.2) is 0 Å². The molecule has 1 aliphatic rings. The largest absolute Gasteiger partial charge is 0.311 e. The van der Waals surface area contributed by atoms with E-state index in [1.54, 1.807) is 0 Å². The van der Waals surface area contributed by atoms with Gasteiger partial charge in [-0.05, 0) is 120 Å². The molecule has 0 bridgehead atoms. The van der Waals surface area contributed by atoms with Crippen molar-refractivity contribution in [1.82, 2.24) is 0 Å². The molecule has 9 aromatic carbocycles. The molecule has 1 heteroatoms. The van der Waals surface area contributed by atoms with Gasteiger partial charge in [-0.3, -0.25) is 0 Å². The van der Waals surface area contributed by atoms with Gasteiger partial charge >= 0.3 is 0 Å². The summed E-state index contributed by atoms with van der Waals surface area (Å²) < 4.78 is 0. The minimum absolute atomic E-state index is 0.0614. The maximum absolute atomic E-state index is 2.42. The monoisotopic (exact) mass is 715 g/mol. The fourth-order valence-electron chi connectivity index (χ4n) is 8.76. The van der Waals surface area contributed by atoms with Crippen LogP contribution in [0.1, 0.15) is 25.0 Å². The summed E-state index contributed by atoms with van der Waals surface area (Å²) in [6.07, 6.45) is 0. The van der Waals surface area contributed by atoms with Crippen LogP contribution in [0, 0.1) is 0 Å². The average Bonchev–Trinajstić information content (AvgIpc) is 3.49. The topological polar surface area (TPSA) is 3.24 Å². The normalized spacial score (nSPS) is 12.6. The van der Waals surface area contributed by atoms with E-state index in [0.717, 1.165) is 17.1 Å². The number of rotatable bonds is 7. The highest BCUT2D eigenvalue weighted by molar-refractivity contribution is 6.08. The first-order valence-corrected chi connectivity index (χ1v) is 19.5. The summed E-state index contributed by atoms with van der Waals surface area (Å²) in [4.78, 5) is 2.34. The Labute approximate surface area is 329 Å². The zero-order chi connectivity index (χ0) is 37.6. The Kier molecular flexibility index (Phi) is 8.23. The predicted octanol–water partition coefficient (Wildman–Crippen LogP) is 15.3. The molecular weight excluding hydrogens is 675 g/mol. The smallest absolute Gasteiger partial charge is 0.0462 e. The molecule has 0 radical (unpaired) electrons. The third-order valence-corrected chi connectivity index (χ3v) is 11.7. The second-order valence-electron chi connectivity index (χ2n) is 15.4. The SMILES string of the molecule is CC1(C)c2ccccc2-c2c1cc1ccccc1c2-c1ccc(-c2ccc(N(c3ccc(-c4ccccc4)cc3)c3ccc(-c4ccccc4)cc3)cc2)cc1. The van der Waals surface area contributed by atoms with Gasteiger partial charge < -0.3 is 4.90 Å². The summed E-state index contributed by atoms with van der Waals surface area (Å²) in [7, 11) is 0. The van der Waals surface area contributed by atoms with Gasteiger partial charge in [0.25, 0.3) is 0 Å². The van der Waals surface area contributed by atoms with Gasteiger partial charge in [-0.15, -0.1) is 0 Å². The van der Waals surface area contributed by atoms with Crippen molar-refractivity contribution >= 4 is 27.8 Å². The Bertz CT molecular complexity index is 2730. The molecule has 0 aliphatic heterocycles. The molecule has 0 saturated carbocycles. The van der Waals surface area contributed by atoms with Crippen molar-refractivity contribution in [2.45, 2.75) is 19.3 Å². The fourth-order valence-corrected chi connectivity index (χ4v) is 8.76. The molecule has 266 valence electrons. The highest BCUT2D eigenvalue weighted by Crippen LogP contribution is 2.54. The van der Waals surface area contributed by atoms with Gasteiger partial charge in [0, 0.05) is 22.5 Å². The number of hydrogen-bond acceptors (Lipinski definition) is 1. The van der Waals surface area contributed by atoms with Crippen molar-refractivity contribution in [2.75, 3.05) is 4.90 Å². The van der Waals surface area contributed by atoms with Crippen LogP contribution in [0.15, 0.2) is 212 Å². The van der Waals surface area contributed by atoms with E-state index in [1.807, 2.05) is 0 Å². The number of hydrogen-bond donors (Lipinski definition) is 0. The first-order valence-electron chi connectivity index (χ1n) is 19.5. The van der Waals surface area contributed by atoms with Crippen LogP contribution >= 0.6 is 0 Å². The van der Waals surface area contributed by atoms with Gasteiger partial charge in [0.15, 0.2) is 0 Å². The van der Waals surface area contributed by atoms with E-state index in [9.17, 15) is 0 Å². The molecule has 0 amide bonds. The Morgan fingerprint density at radius 2 is 0.714 bits per heavy atom. The lowest BCUT2D eigenvalue weighted by molar-refractivity contribution is 0.661. The minimum atomic E-state index is -0.0614. The standard InChI is InChI=1S/C55H41N/c1-55(2)51-20-12-11-19-50(51)54-52(55)37-45-17-9-10-18-49(45)53(54)44-23-21-40(22-24-44)43-29-35-48(36-30-43)56(46-31-25-41(26-32-46)38-13-5-3-6-14-38)47-33-27-42(28-34-47)39-15-7-4-8-16-39/h3-37H,1-2H3. The molecule has 0 saturated heterocycles. The molecule has 0 aromatic heterocycles. The summed E-state index contributed by atoms with van der Waals surface area (Å²) in [6, 6.07) is 77.3. The summed E-state index contributed by atoms with van der Waals surface area (Å²) in [5.41, 5.74) is 18.6. The number of anilines is 3. The molecule has 0 unspecified atom stereocenters. The summed E-state index contributed by atoms with van der Waals surface area (Å²) in [5.74, 6) is 0. The molecule has 0 spiro atoms. The van der Waals surface area contributed by atoms with E-state index in [2.05, 4.69) is 231 Å². The predicted molar refractivity (Wildman–Crippen MR) is 238 cm³/mol. The van der Waals surface area contributed by atoms with Crippen molar-refractivity contribution in [3.8, 4) is 55.6 Å². The summed E-state index contributed by atoms with van der Waals surface area (Å²) in [5, 5.41) is 2.58. The minimum Gasteiger partial charge on any atom is -0.311 e. The fraction of sp³-hybridized carbons (Fsp3) is 0.0545. The van der Waals surface area contributed by atoms with Gasteiger partial charge in [-0.1, -0.05) is 184 Å². The number of benzene rings is 9. The van der Waals surface area contributed by atoms with Crippen LogP contribution < -0.4 is 4.90 Å². The van der Waals surface area contributed by atoms with E-state index in [0.29, 0.717) is 0 Å². The maximum Gasteiger partial charge on any atom is 0.0462 e. The molecule has 9 aromatic rings. The van der Waals surface area contributed by atoms with Gasteiger partial charge in [0.05, 0.1) is 0 Å². The first-order chi connectivity index (χ1) is 27.5. The van der Waals surface area contributed by atoms with E-state index in [1.165, 1.54) is 77.5 Å². The Morgan fingerprint density at radius 3 is 1.23 bits per heavy atom. The first kappa shape index (κ1) is 33.6. The van der Waals surface area contributed by atoms with Crippen LogP contribution in [0.25, 0.3) is 66.4 Å². The molecule has 0 atom stereocenters.